The average molecular weight is 429 g/mol. The molecule has 0 fully saturated rings. The number of carbonyl (C=O) groups is 1. The van der Waals surface area contributed by atoms with Crippen molar-refractivity contribution in [3.8, 4) is 0 Å². The van der Waals surface area contributed by atoms with Gasteiger partial charge in [-0.2, -0.15) is 0 Å². The zero-order valence-corrected chi connectivity index (χ0v) is 21.2. The zero-order chi connectivity index (χ0) is 18.1. The number of unbranched alkanes of at least 4 members (excludes halogenated alkanes) is 14. The monoisotopic (exact) mass is 428 g/mol. The molecule has 0 aromatic rings. The minimum Gasteiger partial charge on any atom is -1.00 e. The summed E-state index contributed by atoms with van der Waals surface area (Å²) < 4.78 is 14.0. The van der Waals surface area contributed by atoms with Gasteiger partial charge in [0.05, 0.1) is 0 Å². The molecule has 0 aromatic carbocycles. The van der Waals surface area contributed by atoms with E-state index in [4.69, 9.17) is 0 Å². The van der Waals surface area contributed by atoms with Crippen LogP contribution in [0.25, 0.3) is 0 Å². The molecule has 0 spiro atoms. The smallest absolute Gasteiger partial charge is 1.00 e. The van der Waals surface area contributed by atoms with Crippen LogP contribution in [0.1, 0.15) is 113 Å². The van der Waals surface area contributed by atoms with Gasteiger partial charge >= 0.3 is 66.8 Å². The Labute approximate surface area is 209 Å². The van der Waals surface area contributed by atoms with Crippen molar-refractivity contribution in [2.75, 3.05) is 0 Å². The third-order valence-electron chi connectivity index (χ3n) is 4.20. The van der Waals surface area contributed by atoms with E-state index in [0.717, 1.165) is 19.3 Å². The second kappa shape index (κ2) is 22.9. The number of rotatable bonds is 17. The van der Waals surface area contributed by atoms with Gasteiger partial charge in [0.15, 0.2) is 0 Å². The fourth-order valence-corrected chi connectivity index (χ4v) is 3.15. The Bertz CT molecular complexity index is 363. The molecule has 148 valence electrons. The molecule has 0 saturated heterocycles. The second-order valence-corrected chi connectivity index (χ2v) is 7.69. The fraction of sp³-hybridized carbons (Fsp3) is 0.944. The molecule has 0 heterocycles. The van der Waals surface area contributed by atoms with Crippen molar-refractivity contribution in [3.63, 3.8) is 0 Å². The maximum Gasteiger partial charge on any atom is 2.00 e. The van der Waals surface area contributed by atoms with Crippen LogP contribution in [0.15, 0.2) is 0 Å². The van der Waals surface area contributed by atoms with Gasteiger partial charge in [0.1, 0.15) is 7.82 Å². The van der Waals surface area contributed by atoms with Gasteiger partial charge in [-0.1, -0.05) is 96.8 Å². The minimum absolute atomic E-state index is 0. The Morgan fingerprint density at radius 2 is 1.08 bits per heavy atom. The Balaban J connectivity index is -0.000000441. The van der Waals surface area contributed by atoms with E-state index in [1.807, 2.05) is 0 Å². The summed E-state index contributed by atoms with van der Waals surface area (Å²) in [6.07, 6.45) is 18.4. The maximum absolute atomic E-state index is 11.0. The first kappa shape index (κ1) is 32.3. The summed E-state index contributed by atoms with van der Waals surface area (Å²) in [5.41, 5.74) is 0. The normalized spacial score (nSPS) is 10.7. The van der Waals surface area contributed by atoms with Gasteiger partial charge in [-0.25, -0.2) is 0 Å². The van der Waals surface area contributed by atoms with E-state index in [9.17, 15) is 19.1 Å². The van der Waals surface area contributed by atoms with Gasteiger partial charge in [-0.3, -0.25) is 4.79 Å². The van der Waals surface area contributed by atoms with E-state index in [0.29, 0.717) is 6.42 Å². The summed E-state index contributed by atoms with van der Waals surface area (Å²) in [5.74, 6) is -0.932. The molecule has 0 unspecified atom stereocenters. The quantitative estimate of drug-likeness (QED) is 0.198. The predicted molar refractivity (Wildman–Crippen MR) is 107 cm³/mol. The van der Waals surface area contributed by atoms with Crippen molar-refractivity contribution in [3.05, 3.63) is 0 Å². The Hall–Kier alpha value is 1.65. The Kier molecular flexibility index (Phi) is 28.5. The molecule has 0 saturated carbocycles. The molecule has 0 amide bonds. The van der Waals surface area contributed by atoms with Crippen LogP contribution in [0.4, 0.5) is 0 Å². The summed E-state index contributed by atoms with van der Waals surface area (Å²) >= 11 is 0. The van der Waals surface area contributed by atoms with E-state index in [-0.39, 0.29) is 70.1 Å². The predicted octanol–water partition coefficient (Wildman–Crippen LogP) is 4.08. The van der Waals surface area contributed by atoms with Crippen molar-refractivity contribution in [1.29, 1.82) is 0 Å². The molecule has 0 aliphatic heterocycles. The van der Waals surface area contributed by atoms with E-state index >= 15 is 0 Å². The Morgan fingerprint density at radius 3 is 1.38 bits per heavy atom. The molecule has 0 N–H and O–H groups in total. The van der Waals surface area contributed by atoms with E-state index < -0.39 is 13.8 Å². The molecular formula is C18H37CaMgO5P. The SMILES string of the molecule is CCCCCCCCCCCCCCCCCC(=O)OP(=O)([O-])[O-].[Ca+2].[H-].[H-].[Mg+2]. The van der Waals surface area contributed by atoms with Crippen LogP contribution in [-0.4, -0.2) is 66.8 Å². The fourth-order valence-electron chi connectivity index (χ4n) is 2.81. The number of carbonyl (C=O) groups excluding carboxylic acids is 1. The van der Waals surface area contributed by atoms with Crippen LogP contribution >= 0.6 is 7.82 Å². The van der Waals surface area contributed by atoms with E-state index in [1.165, 1.54) is 70.6 Å². The van der Waals surface area contributed by atoms with Gasteiger partial charge in [-0.15, -0.1) is 0 Å². The van der Waals surface area contributed by atoms with Crippen molar-refractivity contribution in [1.82, 2.24) is 0 Å². The number of hydrogen-bond donors (Lipinski definition) is 0. The molecule has 26 heavy (non-hydrogen) atoms. The summed E-state index contributed by atoms with van der Waals surface area (Å²) in [6.45, 7) is 2.25. The second-order valence-electron chi connectivity index (χ2n) is 6.61. The van der Waals surface area contributed by atoms with Gasteiger partial charge in [0.25, 0.3) is 0 Å². The molecular weight excluding hydrogens is 392 g/mol. The summed E-state index contributed by atoms with van der Waals surface area (Å²) in [7, 11) is -5.16. The molecule has 0 radical (unpaired) electrons. The molecule has 8 heteroatoms. The zero-order valence-electron chi connectivity index (χ0n) is 18.7. The Morgan fingerprint density at radius 1 is 0.769 bits per heavy atom. The number of phosphoric acid groups is 1. The van der Waals surface area contributed by atoms with Crippen molar-refractivity contribution >= 4 is 74.6 Å². The number of hydrogen-bond acceptors (Lipinski definition) is 5. The largest absolute Gasteiger partial charge is 2.00 e. The first-order valence-corrected chi connectivity index (χ1v) is 11.2. The van der Waals surface area contributed by atoms with Crippen LogP contribution in [0, 0.1) is 0 Å². The molecule has 5 nitrogen and oxygen atoms in total. The summed E-state index contributed by atoms with van der Waals surface area (Å²) in [5, 5.41) is 0. The summed E-state index contributed by atoms with van der Waals surface area (Å²) in [6, 6.07) is 0. The van der Waals surface area contributed by atoms with Crippen LogP contribution < -0.4 is 9.79 Å². The standard InChI is InChI=1S/C18H37O5P.Ca.Mg.2H/c1-2-3-4-5-6-7-8-9-10-11-12-13-14-15-16-17-18(19)23-24(20,21)22;;;;/h2-17H2,1H3,(H2,20,21,22);;;;/q;2*+2;2*-1/p-2. The molecule has 0 aliphatic carbocycles. The molecule has 0 bridgehead atoms. The van der Waals surface area contributed by atoms with Crippen LogP contribution in [0.2, 0.25) is 0 Å². The van der Waals surface area contributed by atoms with Gasteiger partial charge in [-0.05, 0) is 6.42 Å². The van der Waals surface area contributed by atoms with Gasteiger partial charge < -0.3 is 21.7 Å². The minimum atomic E-state index is -5.16. The van der Waals surface area contributed by atoms with Crippen LogP contribution in [-0.2, 0) is 13.9 Å². The third-order valence-corrected chi connectivity index (χ3v) is 4.63. The number of phosphoric ester groups is 1. The topological polar surface area (TPSA) is 89.5 Å². The summed E-state index contributed by atoms with van der Waals surface area (Å²) in [4.78, 5) is 31.5. The van der Waals surface area contributed by atoms with Crippen molar-refractivity contribution < 1.29 is 26.5 Å². The molecule has 0 aromatic heterocycles. The van der Waals surface area contributed by atoms with E-state index in [1.54, 1.807) is 0 Å². The van der Waals surface area contributed by atoms with Gasteiger partial charge in [0.2, 0.25) is 0 Å². The molecule has 0 aliphatic rings. The van der Waals surface area contributed by atoms with Crippen molar-refractivity contribution in [2.45, 2.75) is 110 Å². The van der Waals surface area contributed by atoms with Crippen LogP contribution in [0.5, 0.6) is 0 Å². The average Bonchev–Trinajstić information content (AvgIpc) is 2.49. The maximum atomic E-state index is 11.0. The van der Waals surface area contributed by atoms with E-state index in [2.05, 4.69) is 11.4 Å². The first-order valence-electron chi connectivity index (χ1n) is 9.70. The third kappa shape index (κ3) is 27.9. The first-order chi connectivity index (χ1) is 11.5. The molecule has 0 atom stereocenters. The van der Waals surface area contributed by atoms with Gasteiger partial charge in [0, 0.05) is 6.42 Å². The van der Waals surface area contributed by atoms with Crippen LogP contribution in [0.3, 0.4) is 0 Å². The van der Waals surface area contributed by atoms with Crippen molar-refractivity contribution in [2.24, 2.45) is 0 Å². The molecule has 0 rings (SSSR count).